The van der Waals surface area contributed by atoms with E-state index in [2.05, 4.69) is 10.3 Å². The fourth-order valence-electron chi connectivity index (χ4n) is 2.50. The van der Waals surface area contributed by atoms with Crippen LogP contribution in [0.25, 0.3) is 17.0 Å². The first kappa shape index (κ1) is 13.8. The number of pyridine rings is 1. The Labute approximate surface area is 123 Å². The summed E-state index contributed by atoms with van der Waals surface area (Å²) in [5.74, 6) is -0.184. The van der Waals surface area contributed by atoms with Gasteiger partial charge < -0.3 is 10.4 Å². The molecule has 0 bridgehead atoms. The highest BCUT2D eigenvalue weighted by atomic mass is 16.3. The Balaban J connectivity index is 1.68. The molecular formula is C17H18N2O2. The van der Waals surface area contributed by atoms with Crippen molar-refractivity contribution in [2.24, 2.45) is 0 Å². The van der Waals surface area contributed by atoms with E-state index < -0.39 is 5.60 Å². The number of nitrogens with zero attached hydrogens (tertiary/aromatic N) is 1. The lowest BCUT2D eigenvalue weighted by molar-refractivity contribution is -0.118. The summed E-state index contributed by atoms with van der Waals surface area (Å²) >= 11 is 0. The van der Waals surface area contributed by atoms with Gasteiger partial charge in [-0.2, -0.15) is 0 Å². The molecule has 0 spiro atoms. The quantitative estimate of drug-likeness (QED) is 0.846. The third-order valence-electron chi connectivity index (χ3n) is 3.97. The van der Waals surface area contributed by atoms with Gasteiger partial charge in [0.15, 0.2) is 0 Å². The zero-order valence-corrected chi connectivity index (χ0v) is 11.7. The Bertz CT molecular complexity index is 685. The zero-order chi connectivity index (χ0) is 14.7. The first-order chi connectivity index (χ1) is 10.2. The van der Waals surface area contributed by atoms with E-state index in [1.807, 2.05) is 30.3 Å². The molecular weight excluding hydrogens is 264 g/mol. The smallest absolute Gasteiger partial charge is 0.244 e. The second-order valence-electron chi connectivity index (χ2n) is 5.55. The minimum Gasteiger partial charge on any atom is -0.388 e. The fraction of sp³-hybridized carbons (Fsp3) is 0.294. The number of carbonyl (C=O) groups excluding carboxylic acids is 1. The van der Waals surface area contributed by atoms with Crippen molar-refractivity contribution in [3.63, 3.8) is 0 Å². The molecule has 1 saturated carbocycles. The molecule has 4 heteroatoms. The Hall–Kier alpha value is -2.20. The van der Waals surface area contributed by atoms with Gasteiger partial charge in [-0.3, -0.25) is 9.78 Å². The summed E-state index contributed by atoms with van der Waals surface area (Å²) in [5.41, 5.74) is 1.18. The van der Waals surface area contributed by atoms with Gasteiger partial charge in [0.25, 0.3) is 0 Å². The Morgan fingerprint density at radius 2 is 2.14 bits per heavy atom. The maximum atomic E-state index is 11.8. The molecule has 1 amide bonds. The predicted octanol–water partition coefficient (Wildman–Crippen LogP) is 2.28. The maximum Gasteiger partial charge on any atom is 0.244 e. The van der Waals surface area contributed by atoms with Gasteiger partial charge in [0, 0.05) is 24.2 Å². The molecule has 1 aliphatic carbocycles. The van der Waals surface area contributed by atoms with Crippen molar-refractivity contribution in [2.45, 2.75) is 24.9 Å². The third-order valence-corrected chi connectivity index (χ3v) is 3.97. The average molecular weight is 282 g/mol. The third kappa shape index (κ3) is 3.11. The van der Waals surface area contributed by atoms with Crippen LogP contribution in [0.2, 0.25) is 0 Å². The predicted molar refractivity (Wildman–Crippen MR) is 82.6 cm³/mol. The van der Waals surface area contributed by atoms with Crippen LogP contribution in [-0.2, 0) is 4.79 Å². The van der Waals surface area contributed by atoms with Gasteiger partial charge in [-0.25, -0.2) is 0 Å². The van der Waals surface area contributed by atoms with Crippen molar-refractivity contribution in [1.29, 1.82) is 0 Å². The van der Waals surface area contributed by atoms with Gasteiger partial charge in [0.2, 0.25) is 5.91 Å². The number of benzene rings is 1. The molecule has 108 valence electrons. The molecule has 1 fully saturated rings. The minimum absolute atomic E-state index is 0.184. The Morgan fingerprint density at radius 1 is 1.33 bits per heavy atom. The second kappa shape index (κ2) is 5.66. The number of carbonyl (C=O) groups is 1. The van der Waals surface area contributed by atoms with E-state index >= 15 is 0 Å². The van der Waals surface area contributed by atoms with Gasteiger partial charge in [-0.15, -0.1) is 0 Å². The molecule has 2 aromatic rings. The van der Waals surface area contributed by atoms with Crippen LogP contribution < -0.4 is 5.32 Å². The average Bonchev–Trinajstić information content (AvgIpc) is 2.49. The lowest BCUT2D eigenvalue weighted by Gasteiger charge is -2.36. The number of hydrogen-bond donors (Lipinski definition) is 2. The molecule has 0 aliphatic heterocycles. The SMILES string of the molecule is O=C(C=Cc1ccnc2ccccc12)NCC1(O)CCC1. The summed E-state index contributed by atoms with van der Waals surface area (Å²) in [7, 11) is 0. The van der Waals surface area contributed by atoms with Crippen molar-refractivity contribution < 1.29 is 9.90 Å². The molecule has 0 radical (unpaired) electrons. The van der Waals surface area contributed by atoms with E-state index in [4.69, 9.17) is 0 Å². The van der Waals surface area contributed by atoms with Gasteiger partial charge in [0.05, 0.1) is 11.1 Å². The number of aliphatic hydroxyl groups is 1. The molecule has 2 N–H and O–H groups in total. The van der Waals surface area contributed by atoms with Crippen LogP contribution in [0.4, 0.5) is 0 Å². The molecule has 3 rings (SSSR count). The Kier molecular flexibility index (Phi) is 3.71. The summed E-state index contributed by atoms with van der Waals surface area (Å²) in [6.45, 7) is 0.327. The zero-order valence-electron chi connectivity index (χ0n) is 11.7. The maximum absolute atomic E-state index is 11.8. The molecule has 1 aromatic carbocycles. The molecule has 1 heterocycles. The van der Waals surface area contributed by atoms with E-state index in [-0.39, 0.29) is 5.91 Å². The van der Waals surface area contributed by atoms with Gasteiger partial charge in [-0.05, 0) is 43.0 Å². The number of para-hydroxylation sites is 1. The van der Waals surface area contributed by atoms with Crippen molar-refractivity contribution in [3.8, 4) is 0 Å². The number of hydrogen-bond acceptors (Lipinski definition) is 3. The van der Waals surface area contributed by atoms with Crippen molar-refractivity contribution >= 4 is 22.9 Å². The molecule has 1 aliphatic rings. The van der Waals surface area contributed by atoms with Crippen LogP contribution in [0.3, 0.4) is 0 Å². The van der Waals surface area contributed by atoms with Crippen LogP contribution >= 0.6 is 0 Å². The fourth-order valence-corrected chi connectivity index (χ4v) is 2.50. The normalized spacial score (nSPS) is 16.8. The second-order valence-corrected chi connectivity index (χ2v) is 5.55. The van der Waals surface area contributed by atoms with Gasteiger partial charge >= 0.3 is 0 Å². The van der Waals surface area contributed by atoms with Crippen LogP contribution in [0.5, 0.6) is 0 Å². The van der Waals surface area contributed by atoms with Crippen LogP contribution in [-0.4, -0.2) is 28.1 Å². The molecule has 0 unspecified atom stereocenters. The lowest BCUT2D eigenvalue weighted by atomic mass is 9.80. The Morgan fingerprint density at radius 3 is 2.90 bits per heavy atom. The topological polar surface area (TPSA) is 62.2 Å². The lowest BCUT2D eigenvalue weighted by Crippen LogP contribution is -2.47. The number of aromatic nitrogens is 1. The molecule has 1 aromatic heterocycles. The summed E-state index contributed by atoms with van der Waals surface area (Å²) < 4.78 is 0. The van der Waals surface area contributed by atoms with Gasteiger partial charge in [0.1, 0.15) is 0 Å². The highest BCUT2D eigenvalue weighted by Gasteiger charge is 2.34. The van der Waals surface area contributed by atoms with Crippen molar-refractivity contribution in [2.75, 3.05) is 6.54 Å². The summed E-state index contributed by atoms with van der Waals surface area (Å²) in [5, 5.41) is 13.7. The van der Waals surface area contributed by atoms with Crippen LogP contribution in [0.1, 0.15) is 24.8 Å². The van der Waals surface area contributed by atoms with E-state index in [1.165, 1.54) is 6.08 Å². The summed E-state index contributed by atoms with van der Waals surface area (Å²) in [4.78, 5) is 16.1. The first-order valence-electron chi connectivity index (χ1n) is 7.18. The van der Waals surface area contributed by atoms with E-state index in [0.717, 1.165) is 35.7 Å². The standard InChI is InChI=1S/C17H18N2O2/c20-16(19-12-17(21)9-3-10-17)7-6-13-8-11-18-15-5-2-1-4-14(13)15/h1-2,4-8,11,21H,3,9-10,12H2,(H,19,20). The van der Waals surface area contributed by atoms with Crippen molar-refractivity contribution in [3.05, 3.63) is 48.2 Å². The number of amides is 1. The van der Waals surface area contributed by atoms with E-state index in [0.29, 0.717) is 6.54 Å². The summed E-state index contributed by atoms with van der Waals surface area (Å²) in [6.07, 6.45) is 7.59. The number of fused-ring (bicyclic) bond motifs is 1. The largest absolute Gasteiger partial charge is 0.388 e. The van der Waals surface area contributed by atoms with Crippen molar-refractivity contribution in [1.82, 2.24) is 10.3 Å². The highest BCUT2D eigenvalue weighted by molar-refractivity contribution is 5.95. The summed E-state index contributed by atoms with van der Waals surface area (Å²) in [6, 6.07) is 9.70. The number of nitrogens with one attached hydrogen (secondary N) is 1. The minimum atomic E-state index is -0.688. The molecule has 0 saturated heterocycles. The molecule has 0 atom stereocenters. The van der Waals surface area contributed by atoms with E-state index in [9.17, 15) is 9.90 Å². The van der Waals surface area contributed by atoms with Crippen LogP contribution in [0, 0.1) is 0 Å². The van der Waals surface area contributed by atoms with Gasteiger partial charge in [-0.1, -0.05) is 18.2 Å². The van der Waals surface area contributed by atoms with Crippen LogP contribution in [0.15, 0.2) is 42.6 Å². The molecule has 21 heavy (non-hydrogen) atoms. The monoisotopic (exact) mass is 282 g/mol. The number of rotatable bonds is 4. The highest BCUT2D eigenvalue weighted by Crippen LogP contribution is 2.30. The first-order valence-corrected chi connectivity index (χ1v) is 7.18. The van der Waals surface area contributed by atoms with E-state index in [1.54, 1.807) is 12.3 Å². The molecule has 4 nitrogen and oxygen atoms in total.